The number of thioether (sulfide) groups is 1. The van der Waals surface area contributed by atoms with Crippen LogP contribution in [0, 0.1) is 0 Å². The highest BCUT2D eigenvalue weighted by molar-refractivity contribution is 7.99. The first kappa shape index (κ1) is 24.5. The maximum absolute atomic E-state index is 11.8. The molecule has 178 valence electrons. The number of esters is 1. The van der Waals surface area contributed by atoms with Crippen molar-refractivity contribution in [1.29, 1.82) is 0 Å². The summed E-state index contributed by atoms with van der Waals surface area (Å²) < 4.78 is 24.8. The number of ether oxygens (including phenoxy) is 4. The molecule has 4 rings (SSSR count). The van der Waals surface area contributed by atoms with Gasteiger partial charge in [0.25, 0.3) is 0 Å². The third-order valence-electron chi connectivity index (χ3n) is 5.54. The molecule has 1 fully saturated rings. The molecule has 3 aromatic rings. The van der Waals surface area contributed by atoms with Gasteiger partial charge in [-0.25, -0.2) is 0 Å². The first-order chi connectivity index (χ1) is 16.7. The monoisotopic (exact) mass is 478 g/mol. The largest absolute Gasteiger partial charge is 0.449 e. The minimum Gasteiger partial charge on any atom is -0.449 e. The van der Waals surface area contributed by atoms with E-state index in [1.54, 1.807) is 0 Å². The highest BCUT2D eigenvalue weighted by Gasteiger charge is 2.44. The molecule has 34 heavy (non-hydrogen) atoms. The zero-order valence-electron chi connectivity index (χ0n) is 19.2. The third-order valence-corrected chi connectivity index (χ3v) is 6.76. The maximum atomic E-state index is 11.8. The first-order valence-electron chi connectivity index (χ1n) is 11.4. The van der Waals surface area contributed by atoms with Crippen LogP contribution in [0.3, 0.4) is 0 Å². The van der Waals surface area contributed by atoms with E-state index in [-0.39, 0.29) is 12.1 Å². The van der Waals surface area contributed by atoms with Crippen LogP contribution < -0.4 is 0 Å². The zero-order chi connectivity index (χ0) is 23.6. The molecule has 0 aromatic heterocycles. The molecule has 4 atom stereocenters. The minimum absolute atomic E-state index is 0.221. The minimum atomic E-state index is -0.479. The summed E-state index contributed by atoms with van der Waals surface area (Å²) in [6, 6.07) is 30.1. The Balaban J connectivity index is 1.53. The van der Waals surface area contributed by atoms with Crippen molar-refractivity contribution in [2.24, 2.45) is 0 Å². The molecule has 3 aromatic carbocycles. The lowest BCUT2D eigenvalue weighted by Gasteiger charge is -2.41. The first-order valence-corrected chi connectivity index (χ1v) is 12.5. The molecular formula is C28H30O5S. The van der Waals surface area contributed by atoms with E-state index in [0.717, 1.165) is 16.7 Å². The number of rotatable bonds is 10. The highest BCUT2D eigenvalue weighted by Crippen LogP contribution is 2.34. The molecule has 1 aliphatic heterocycles. The predicted molar refractivity (Wildman–Crippen MR) is 133 cm³/mol. The average molecular weight is 479 g/mol. The van der Waals surface area contributed by atoms with Crippen LogP contribution in [0.5, 0.6) is 0 Å². The summed E-state index contributed by atoms with van der Waals surface area (Å²) in [5.74, 6) is 0.298. The Morgan fingerprint density at radius 2 is 1.15 bits per heavy atom. The Kier molecular flexibility index (Phi) is 9.16. The fourth-order valence-corrected chi connectivity index (χ4v) is 5.13. The molecule has 1 unspecified atom stereocenters. The summed E-state index contributed by atoms with van der Waals surface area (Å²) in [6.45, 7) is 2.70. The smallest absolute Gasteiger partial charge is 0.303 e. The Hall–Kier alpha value is -2.64. The zero-order valence-corrected chi connectivity index (χ0v) is 20.1. The summed E-state index contributed by atoms with van der Waals surface area (Å²) in [5, 5.41) is 0. The summed E-state index contributed by atoms with van der Waals surface area (Å²) in [6.07, 6.45) is -1.10. The Labute approximate surface area is 205 Å². The molecule has 0 saturated carbocycles. The van der Waals surface area contributed by atoms with Crippen LogP contribution in [0.25, 0.3) is 0 Å². The fourth-order valence-electron chi connectivity index (χ4n) is 3.84. The van der Waals surface area contributed by atoms with E-state index in [0.29, 0.717) is 25.6 Å². The molecule has 6 heteroatoms. The molecule has 0 aliphatic carbocycles. The quantitative estimate of drug-likeness (QED) is 0.365. The van der Waals surface area contributed by atoms with Gasteiger partial charge in [-0.05, 0) is 16.7 Å². The van der Waals surface area contributed by atoms with E-state index in [1.807, 2.05) is 91.0 Å². The van der Waals surface area contributed by atoms with Crippen molar-refractivity contribution in [3.63, 3.8) is 0 Å². The SMILES string of the molecule is CC(=O)OC1SC[C@@H](OCc2ccccc2)[C@H](OCc2ccccc2)[C@H]1OCc1ccccc1. The highest BCUT2D eigenvalue weighted by atomic mass is 32.2. The van der Waals surface area contributed by atoms with Crippen molar-refractivity contribution in [1.82, 2.24) is 0 Å². The predicted octanol–water partition coefficient (Wildman–Crippen LogP) is 5.38. The van der Waals surface area contributed by atoms with Crippen LogP contribution in [0.4, 0.5) is 0 Å². The maximum Gasteiger partial charge on any atom is 0.303 e. The molecule has 0 N–H and O–H groups in total. The van der Waals surface area contributed by atoms with Gasteiger partial charge in [0.05, 0.1) is 25.9 Å². The van der Waals surface area contributed by atoms with E-state index in [4.69, 9.17) is 18.9 Å². The summed E-state index contributed by atoms with van der Waals surface area (Å²) in [4.78, 5) is 11.8. The number of carbonyl (C=O) groups excluding carboxylic acids is 1. The van der Waals surface area contributed by atoms with Crippen molar-refractivity contribution in [3.8, 4) is 0 Å². The van der Waals surface area contributed by atoms with E-state index >= 15 is 0 Å². The number of hydrogen-bond acceptors (Lipinski definition) is 6. The van der Waals surface area contributed by atoms with Crippen LogP contribution in [0.15, 0.2) is 91.0 Å². The Morgan fingerprint density at radius 1 is 0.706 bits per heavy atom. The lowest BCUT2D eigenvalue weighted by Crippen LogP contribution is -2.53. The molecule has 1 aliphatic rings. The van der Waals surface area contributed by atoms with Gasteiger partial charge in [0.15, 0.2) is 5.44 Å². The van der Waals surface area contributed by atoms with Crippen LogP contribution in [0.1, 0.15) is 23.6 Å². The van der Waals surface area contributed by atoms with Gasteiger partial charge < -0.3 is 18.9 Å². The lowest BCUT2D eigenvalue weighted by molar-refractivity contribution is -0.180. The Morgan fingerprint density at radius 3 is 1.62 bits per heavy atom. The van der Waals surface area contributed by atoms with Crippen molar-refractivity contribution in [3.05, 3.63) is 108 Å². The van der Waals surface area contributed by atoms with Crippen molar-refractivity contribution in [2.45, 2.75) is 50.5 Å². The van der Waals surface area contributed by atoms with Crippen molar-refractivity contribution >= 4 is 17.7 Å². The normalized spacial score (nSPS) is 22.3. The topological polar surface area (TPSA) is 54.0 Å². The second-order valence-electron chi connectivity index (χ2n) is 8.17. The second kappa shape index (κ2) is 12.7. The van der Waals surface area contributed by atoms with Crippen LogP contribution in [0.2, 0.25) is 0 Å². The van der Waals surface area contributed by atoms with Gasteiger partial charge in [0.2, 0.25) is 0 Å². The Bertz CT molecular complexity index is 999. The number of hydrogen-bond donors (Lipinski definition) is 0. The van der Waals surface area contributed by atoms with E-state index in [2.05, 4.69) is 0 Å². The molecule has 0 bridgehead atoms. The van der Waals surface area contributed by atoms with Crippen LogP contribution >= 0.6 is 11.8 Å². The summed E-state index contributed by atoms with van der Waals surface area (Å²) in [7, 11) is 0. The molecule has 0 radical (unpaired) electrons. The molecular weight excluding hydrogens is 448 g/mol. The van der Waals surface area contributed by atoms with E-state index < -0.39 is 17.6 Å². The lowest BCUT2D eigenvalue weighted by atomic mass is 10.1. The third kappa shape index (κ3) is 7.18. The van der Waals surface area contributed by atoms with Gasteiger partial charge in [-0.2, -0.15) is 0 Å². The van der Waals surface area contributed by atoms with Gasteiger partial charge in [0.1, 0.15) is 12.2 Å². The van der Waals surface area contributed by atoms with Gasteiger partial charge in [-0.15, -0.1) is 11.8 Å². The molecule has 1 heterocycles. The van der Waals surface area contributed by atoms with Gasteiger partial charge in [-0.1, -0.05) is 91.0 Å². The van der Waals surface area contributed by atoms with Crippen molar-refractivity contribution < 1.29 is 23.7 Å². The molecule has 0 spiro atoms. The van der Waals surface area contributed by atoms with Crippen molar-refractivity contribution in [2.75, 3.05) is 5.75 Å². The average Bonchev–Trinajstić information content (AvgIpc) is 2.87. The number of carbonyl (C=O) groups is 1. The van der Waals surface area contributed by atoms with Crippen LogP contribution in [-0.2, 0) is 43.6 Å². The fraction of sp³-hybridized carbons (Fsp3) is 0.321. The molecule has 0 amide bonds. The van der Waals surface area contributed by atoms with Gasteiger partial charge >= 0.3 is 5.97 Å². The molecule has 5 nitrogen and oxygen atoms in total. The van der Waals surface area contributed by atoms with Crippen LogP contribution in [-0.4, -0.2) is 35.5 Å². The van der Waals surface area contributed by atoms with E-state index in [1.165, 1.54) is 18.7 Å². The summed E-state index contributed by atoms with van der Waals surface area (Å²) >= 11 is 1.53. The summed E-state index contributed by atoms with van der Waals surface area (Å²) in [5.41, 5.74) is 2.73. The second-order valence-corrected chi connectivity index (χ2v) is 9.30. The standard InChI is InChI=1S/C28H30O5S/c1-21(29)33-28-27(32-19-24-15-9-4-10-16-24)26(31-18-23-13-7-3-8-14-23)25(20-34-28)30-17-22-11-5-2-6-12-22/h2-16,25-28H,17-20H2,1H3/t25-,26+,27-,28?/m1/s1. The van der Waals surface area contributed by atoms with Gasteiger partial charge in [0, 0.05) is 12.7 Å². The van der Waals surface area contributed by atoms with Gasteiger partial charge in [-0.3, -0.25) is 4.79 Å². The molecule has 1 saturated heterocycles. The van der Waals surface area contributed by atoms with E-state index in [9.17, 15) is 4.79 Å². The number of benzene rings is 3.